The molecule has 0 bridgehead atoms. The lowest BCUT2D eigenvalue weighted by atomic mass is 9.80. The predicted octanol–water partition coefficient (Wildman–Crippen LogP) is 1.70. The van der Waals surface area contributed by atoms with Crippen molar-refractivity contribution in [3.05, 3.63) is 28.7 Å². The van der Waals surface area contributed by atoms with E-state index in [1.54, 1.807) is 12.3 Å². The fourth-order valence-corrected chi connectivity index (χ4v) is 1.59. The SMILES string of the molecule is CC.CC1(C)OB(c2cc[nH]c(=O)c2)OC1(C)C. The van der Waals surface area contributed by atoms with Crippen LogP contribution in [0.5, 0.6) is 0 Å². The van der Waals surface area contributed by atoms with Crippen molar-refractivity contribution in [2.45, 2.75) is 52.7 Å². The highest BCUT2D eigenvalue weighted by molar-refractivity contribution is 6.62. The number of aromatic nitrogens is 1. The summed E-state index contributed by atoms with van der Waals surface area (Å²) >= 11 is 0. The number of H-pyrrole nitrogens is 1. The molecular formula is C13H22BNO3. The molecule has 1 saturated heterocycles. The Morgan fingerprint density at radius 3 is 2.06 bits per heavy atom. The summed E-state index contributed by atoms with van der Waals surface area (Å²) in [6.07, 6.45) is 1.60. The van der Waals surface area contributed by atoms with Gasteiger partial charge < -0.3 is 14.3 Å². The van der Waals surface area contributed by atoms with E-state index in [1.807, 2.05) is 41.5 Å². The second-order valence-corrected chi connectivity index (χ2v) is 5.07. The predicted molar refractivity (Wildman–Crippen MR) is 74.1 cm³/mol. The van der Waals surface area contributed by atoms with Crippen molar-refractivity contribution in [1.82, 2.24) is 4.98 Å². The van der Waals surface area contributed by atoms with Gasteiger partial charge in [0.25, 0.3) is 0 Å². The second-order valence-electron chi connectivity index (χ2n) is 5.07. The third-order valence-electron chi connectivity index (χ3n) is 3.32. The molecule has 1 aromatic heterocycles. The third-order valence-corrected chi connectivity index (χ3v) is 3.32. The molecule has 0 radical (unpaired) electrons. The molecule has 0 atom stereocenters. The topological polar surface area (TPSA) is 51.3 Å². The molecule has 0 amide bonds. The molecule has 0 aliphatic carbocycles. The molecule has 1 fully saturated rings. The maximum Gasteiger partial charge on any atom is 0.495 e. The molecule has 1 N–H and O–H groups in total. The fourth-order valence-electron chi connectivity index (χ4n) is 1.59. The van der Waals surface area contributed by atoms with Gasteiger partial charge in [-0.3, -0.25) is 4.79 Å². The summed E-state index contributed by atoms with van der Waals surface area (Å²) in [4.78, 5) is 13.8. The van der Waals surface area contributed by atoms with E-state index in [0.717, 1.165) is 5.46 Å². The minimum atomic E-state index is -0.465. The molecule has 100 valence electrons. The Kier molecular flexibility index (Phi) is 4.40. The third kappa shape index (κ3) is 2.84. The molecule has 18 heavy (non-hydrogen) atoms. The second kappa shape index (κ2) is 5.28. The Hall–Kier alpha value is -1.07. The Morgan fingerprint density at radius 2 is 1.61 bits per heavy atom. The van der Waals surface area contributed by atoms with Crippen molar-refractivity contribution >= 4 is 12.6 Å². The Bertz CT molecular complexity index is 438. The molecule has 0 unspecified atom stereocenters. The molecular weight excluding hydrogens is 229 g/mol. The first-order valence-electron chi connectivity index (χ1n) is 6.36. The molecule has 0 aromatic carbocycles. The van der Waals surface area contributed by atoms with Gasteiger partial charge in [0.15, 0.2) is 0 Å². The van der Waals surface area contributed by atoms with Crippen LogP contribution in [0.1, 0.15) is 41.5 Å². The lowest BCUT2D eigenvalue weighted by Gasteiger charge is -2.32. The monoisotopic (exact) mass is 251 g/mol. The first kappa shape index (κ1) is 15.0. The average molecular weight is 251 g/mol. The summed E-state index contributed by atoms with van der Waals surface area (Å²) in [6, 6.07) is 3.30. The van der Waals surface area contributed by atoms with Gasteiger partial charge >= 0.3 is 7.12 Å². The number of nitrogens with one attached hydrogen (secondary N) is 1. The van der Waals surface area contributed by atoms with Gasteiger partial charge in [0.2, 0.25) is 5.56 Å². The van der Waals surface area contributed by atoms with Crippen molar-refractivity contribution in [3.63, 3.8) is 0 Å². The van der Waals surface area contributed by atoms with Crippen LogP contribution in [0.2, 0.25) is 0 Å². The number of pyridine rings is 1. The first-order chi connectivity index (χ1) is 8.32. The van der Waals surface area contributed by atoms with Crippen LogP contribution in [0.3, 0.4) is 0 Å². The van der Waals surface area contributed by atoms with Crippen LogP contribution in [-0.2, 0) is 9.31 Å². The zero-order valence-electron chi connectivity index (χ0n) is 12.0. The van der Waals surface area contributed by atoms with E-state index in [9.17, 15) is 4.79 Å². The van der Waals surface area contributed by atoms with E-state index >= 15 is 0 Å². The molecule has 1 aliphatic rings. The van der Waals surface area contributed by atoms with Crippen LogP contribution < -0.4 is 11.0 Å². The van der Waals surface area contributed by atoms with E-state index in [1.165, 1.54) is 6.07 Å². The van der Waals surface area contributed by atoms with E-state index in [4.69, 9.17) is 9.31 Å². The van der Waals surface area contributed by atoms with Crippen LogP contribution in [0, 0.1) is 0 Å². The summed E-state index contributed by atoms with van der Waals surface area (Å²) in [5.41, 5.74) is -0.143. The normalized spacial score (nSPS) is 20.2. The zero-order valence-corrected chi connectivity index (χ0v) is 12.0. The largest absolute Gasteiger partial charge is 0.495 e. The standard InChI is InChI=1S/C11H16BNO3.C2H6/c1-10(2)11(3,4)16-12(15-10)8-5-6-13-9(14)7-8;1-2/h5-7H,1-4H3,(H,13,14);1-2H3. The highest BCUT2D eigenvalue weighted by Gasteiger charge is 2.51. The number of aromatic amines is 1. The van der Waals surface area contributed by atoms with Crippen molar-refractivity contribution in [2.24, 2.45) is 0 Å². The quantitative estimate of drug-likeness (QED) is 0.773. The van der Waals surface area contributed by atoms with Crippen molar-refractivity contribution < 1.29 is 9.31 Å². The van der Waals surface area contributed by atoms with Crippen LogP contribution in [0.15, 0.2) is 23.1 Å². The van der Waals surface area contributed by atoms with Gasteiger partial charge in [-0.15, -0.1) is 0 Å². The number of rotatable bonds is 1. The van der Waals surface area contributed by atoms with Gasteiger partial charge in [0.1, 0.15) is 0 Å². The highest BCUT2D eigenvalue weighted by atomic mass is 16.7. The summed E-state index contributed by atoms with van der Waals surface area (Å²) in [7, 11) is -0.465. The molecule has 0 spiro atoms. The van der Waals surface area contributed by atoms with Gasteiger partial charge in [-0.05, 0) is 39.2 Å². The van der Waals surface area contributed by atoms with Crippen molar-refractivity contribution in [1.29, 1.82) is 0 Å². The van der Waals surface area contributed by atoms with E-state index < -0.39 is 7.12 Å². The minimum Gasteiger partial charge on any atom is -0.399 e. The maximum absolute atomic E-state index is 11.2. The number of hydrogen-bond acceptors (Lipinski definition) is 3. The summed E-state index contributed by atoms with van der Waals surface area (Å²) in [5.74, 6) is 0. The summed E-state index contributed by atoms with van der Waals surface area (Å²) in [5, 5.41) is 0. The Balaban J connectivity index is 0.000000771. The number of hydrogen-bond donors (Lipinski definition) is 1. The molecule has 4 nitrogen and oxygen atoms in total. The van der Waals surface area contributed by atoms with Crippen molar-refractivity contribution in [2.75, 3.05) is 0 Å². The zero-order chi connectivity index (χ0) is 14.0. The summed E-state index contributed by atoms with van der Waals surface area (Å²) in [6.45, 7) is 11.9. The minimum absolute atomic E-state index is 0.146. The molecule has 2 heterocycles. The molecule has 5 heteroatoms. The Labute approximate surface area is 109 Å². The average Bonchev–Trinajstić information content (AvgIpc) is 2.51. The fraction of sp³-hybridized carbons (Fsp3) is 0.615. The lowest BCUT2D eigenvalue weighted by molar-refractivity contribution is 0.00578. The Morgan fingerprint density at radius 1 is 1.11 bits per heavy atom. The van der Waals surface area contributed by atoms with Crippen LogP contribution >= 0.6 is 0 Å². The highest BCUT2D eigenvalue weighted by Crippen LogP contribution is 2.36. The smallest absolute Gasteiger partial charge is 0.399 e. The molecule has 1 aromatic rings. The van der Waals surface area contributed by atoms with Crippen LogP contribution in [0.4, 0.5) is 0 Å². The van der Waals surface area contributed by atoms with Gasteiger partial charge in [-0.2, -0.15) is 0 Å². The molecule has 1 aliphatic heterocycles. The van der Waals surface area contributed by atoms with E-state index in [2.05, 4.69) is 4.98 Å². The molecule has 2 rings (SSSR count). The van der Waals surface area contributed by atoms with Crippen LogP contribution in [0.25, 0.3) is 0 Å². The van der Waals surface area contributed by atoms with Gasteiger partial charge in [-0.25, -0.2) is 0 Å². The van der Waals surface area contributed by atoms with Gasteiger partial charge in [-0.1, -0.05) is 13.8 Å². The first-order valence-corrected chi connectivity index (χ1v) is 6.36. The molecule has 0 saturated carbocycles. The maximum atomic E-state index is 11.2. The summed E-state index contributed by atoms with van der Waals surface area (Å²) < 4.78 is 11.7. The van der Waals surface area contributed by atoms with Gasteiger partial charge in [0, 0.05) is 12.3 Å². The van der Waals surface area contributed by atoms with E-state index in [0.29, 0.717) is 0 Å². The van der Waals surface area contributed by atoms with E-state index in [-0.39, 0.29) is 16.8 Å². The van der Waals surface area contributed by atoms with Crippen molar-refractivity contribution in [3.8, 4) is 0 Å². The van der Waals surface area contributed by atoms with Crippen LogP contribution in [-0.4, -0.2) is 23.3 Å². The lowest BCUT2D eigenvalue weighted by Crippen LogP contribution is -2.41. The van der Waals surface area contributed by atoms with Gasteiger partial charge in [0.05, 0.1) is 11.2 Å².